The molecule has 1 heterocycles. The second-order valence-corrected chi connectivity index (χ2v) is 6.69. The minimum absolute atomic E-state index is 0.268. The summed E-state index contributed by atoms with van der Waals surface area (Å²) in [7, 11) is 0. The van der Waals surface area contributed by atoms with Crippen molar-refractivity contribution in [3.8, 4) is 0 Å². The number of hydrogen-bond acceptors (Lipinski definition) is 4. The Hall–Kier alpha value is -2.43. The van der Waals surface area contributed by atoms with Crippen LogP contribution in [-0.4, -0.2) is 34.7 Å². The van der Waals surface area contributed by atoms with E-state index in [1.807, 2.05) is 42.5 Å². The molecule has 2 aromatic rings. The molecule has 1 N–H and O–H groups in total. The molecule has 3 rings (SSSR count). The topological polar surface area (TPSA) is 49.8 Å². The number of cyclic esters (lactones) is 1. The van der Waals surface area contributed by atoms with E-state index in [1.165, 1.54) is 11.1 Å². The number of hydrogen-bond donors (Lipinski definition) is 1. The van der Waals surface area contributed by atoms with Gasteiger partial charge in [0.2, 0.25) is 0 Å². The maximum atomic E-state index is 11.9. The molecule has 1 aliphatic heterocycles. The highest BCUT2D eigenvalue weighted by Gasteiger charge is 2.26. The predicted octanol–water partition coefficient (Wildman–Crippen LogP) is 3.31. The Morgan fingerprint density at radius 1 is 1.04 bits per heavy atom. The third-order valence-electron chi connectivity index (χ3n) is 4.61. The average Bonchev–Trinajstić information content (AvgIpc) is 3.05. The average molecular weight is 351 g/mol. The molecule has 4 heteroatoms. The minimum atomic E-state index is -0.608. The fourth-order valence-corrected chi connectivity index (χ4v) is 3.26. The van der Waals surface area contributed by atoms with E-state index < -0.39 is 6.10 Å². The van der Waals surface area contributed by atoms with Crippen LogP contribution >= 0.6 is 0 Å². The highest BCUT2D eigenvalue weighted by atomic mass is 16.5. The van der Waals surface area contributed by atoms with Gasteiger partial charge in [-0.2, -0.15) is 0 Å². The van der Waals surface area contributed by atoms with Crippen molar-refractivity contribution in [3.63, 3.8) is 0 Å². The molecule has 1 saturated heterocycles. The van der Waals surface area contributed by atoms with Crippen LogP contribution in [-0.2, 0) is 22.6 Å². The zero-order valence-electron chi connectivity index (χ0n) is 15.0. The van der Waals surface area contributed by atoms with Crippen molar-refractivity contribution in [2.75, 3.05) is 6.61 Å². The highest BCUT2D eigenvalue weighted by Crippen LogP contribution is 2.21. The van der Waals surface area contributed by atoms with Gasteiger partial charge in [0, 0.05) is 25.1 Å². The molecule has 26 heavy (non-hydrogen) atoms. The standard InChI is InChI=1S/C22H25NO3/c1-17(24)21(14-20-12-13-26-22(20)25)23(15-18-8-4-2-5-9-18)16-19-10-6-3-7-11-19/h2-11,14,17,21,24H,12-13,15-16H2,1H3/b20-14+/t17-,21-/m1/s1. The maximum Gasteiger partial charge on any atom is 0.333 e. The molecule has 0 bridgehead atoms. The molecule has 0 aromatic heterocycles. The van der Waals surface area contributed by atoms with Crippen LogP contribution in [0.1, 0.15) is 24.5 Å². The van der Waals surface area contributed by atoms with E-state index >= 15 is 0 Å². The van der Waals surface area contributed by atoms with Crippen molar-refractivity contribution < 1.29 is 14.6 Å². The lowest BCUT2D eigenvalue weighted by molar-refractivity contribution is -0.135. The molecule has 2 atom stereocenters. The summed E-state index contributed by atoms with van der Waals surface area (Å²) >= 11 is 0. The van der Waals surface area contributed by atoms with Gasteiger partial charge in [0.25, 0.3) is 0 Å². The molecule has 4 nitrogen and oxygen atoms in total. The maximum absolute atomic E-state index is 11.9. The van der Waals surface area contributed by atoms with Crippen LogP contribution in [0.25, 0.3) is 0 Å². The van der Waals surface area contributed by atoms with Gasteiger partial charge in [0.15, 0.2) is 0 Å². The molecule has 0 saturated carbocycles. The van der Waals surface area contributed by atoms with E-state index in [2.05, 4.69) is 29.2 Å². The largest absolute Gasteiger partial charge is 0.462 e. The fourth-order valence-electron chi connectivity index (χ4n) is 3.26. The van der Waals surface area contributed by atoms with E-state index in [0.29, 0.717) is 31.7 Å². The van der Waals surface area contributed by atoms with Gasteiger partial charge in [-0.3, -0.25) is 4.90 Å². The second-order valence-electron chi connectivity index (χ2n) is 6.69. The molecule has 0 aliphatic carbocycles. The smallest absolute Gasteiger partial charge is 0.333 e. The second kappa shape index (κ2) is 8.79. The molecular weight excluding hydrogens is 326 g/mol. The summed E-state index contributed by atoms with van der Waals surface area (Å²) in [6, 6.07) is 20.1. The molecular formula is C22H25NO3. The van der Waals surface area contributed by atoms with E-state index in [-0.39, 0.29) is 12.0 Å². The SMILES string of the molecule is C[C@@H](O)[C@@H](/C=C1\CCOC1=O)N(Cc1ccccc1)Cc1ccccc1. The summed E-state index contributed by atoms with van der Waals surface area (Å²) in [5.74, 6) is -0.268. The van der Waals surface area contributed by atoms with Gasteiger partial charge in [0.05, 0.1) is 18.8 Å². The lowest BCUT2D eigenvalue weighted by Crippen LogP contribution is -2.40. The number of rotatable bonds is 7. The predicted molar refractivity (Wildman–Crippen MR) is 101 cm³/mol. The van der Waals surface area contributed by atoms with Crippen LogP contribution in [0, 0.1) is 0 Å². The monoisotopic (exact) mass is 351 g/mol. The van der Waals surface area contributed by atoms with Gasteiger partial charge in [-0.25, -0.2) is 4.79 Å². The molecule has 0 amide bonds. The van der Waals surface area contributed by atoms with Crippen LogP contribution in [0.2, 0.25) is 0 Å². The van der Waals surface area contributed by atoms with Gasteiger partial charge in [-0.1, -0.05) is 66.7 Å². The van der Waals surface area contributed by atoms with Crippen LogP contribution in [0.5, 0.6) is 0 Å². The lowest BCUT2D eigenvalue weighted by atomic mass is 10.0. The fraction of sp³-hybridized carbons (Fsp3) is 0.318. The van der Waals surface area contributed by atoms with Crippen molar-refractivity contribution in [1.29, 1.82) is 0 Å². The van der Waals surface area contributed by atoms with E-state index in [9.17, 15) is 9.90 Å². The van der Waals surface area contributed by atoms with E-state index in [4.69, 9.17) is 4.74 Å². The van der Waals surface area contributed by atoms with Gasteiger partial charge in [-0.15, -0.1) is 0 Å². The normalized spacial score (nSPS) is 18.1. The summed E-state index contributed by atoms with van der Waals surface area (Å²) < 4.78 is 5.06. The summed E-state index contributed by atoms with van der Waals surface area (Å²) in [6.45, 7) is 3.56. The molecule has 2 aromatic carbocycles. The summed E-state index contributed by atoms with van der Waals surface area (Å²) in [6.07, 6.45) is 1.88. The Morgan fingerprint density at radius 3 is 2.00 bits per heavy atom. The Bertz CT molecular complexity index is 699. The van der Waals surface area contributed by atoms with Crippen LogP contribution in [0.4, 0.5) is 0 Å². The Kier molecular flexibility index (Phi) is 6.21. The Balaban J connectivity index is 1.89. The molecule has 0 unspecified atom stereocenters. The first-order valence-electron chi connectivity index (χ1n) is 9.01. The van der Waals surface area contributed by atoms with Crippen LogP contribution < -0.4 is 0 Å². The van der Waals surface area contributed by atoms with Gasteiger partial charge in [0.1, 0.15) is 0 Å². The van der Waals surface area contributed by atoms with Crippen LogP contribution in [0.15, 0.2) is 72.3 Å². The van der Waals surface area contributed by atoms with Crippen LogP contribution in [0.3, 0.4) is 0 Å². The highest BCUT2D eigenvalue weighted by molar-refractivity contribution is 5.90. The zero-order chi connectivity index (χ0) is 18.4. The molecule has 0 spiro atoms. The minimum Gasteiger partial charge on any atom is -0.462 e. The first-order chi connectivity index (χ1) is 12.6. The summed E-state index contributed by atoms with van der Waals surface area (Å²) in [4.78, 5) is 14.1. The molecule has 1 aliphatic rings. The Labute approximate surface area is 154 Å². The van der Waals surface area contributed by atoms with Crippen molar-refractivity contribution >= 4 is 5.97 Å². The number of aliphatic hydroxyl groups is 1. The lowest BCUT2D eigenvalue weighted by Gasteiger charge is -2.32. The zero-order valence-corrected chi connectivity index (χ0v) is 15.0. The molecule has 136 valence electrons. The third kappa shape index (κ3) is 4.81. The van der Waals surface area contributed by atoms with E-state index in [1.54, 1.807) is 6.92 Å². The van der Waals surface area contributed by atoms with Gasteiger partial charge >= 0.3 is 5.97 Å². The summed E-state index contributed by atoms with van der Waals surface area (Å²) in [5.41, 5.74) is 2.99. The number of nitrogens with zero attached hydrogens (tertiary/aromatic N) is 1. The number of esters is 1. The van der Waals surface area contributed by atoms with Gasteiger partial charge in [-0.05, 0) is 18.1 Å². The first-order valence-corrected chi connectivity index (χ1v) is 9.01. The van der Waals surface area contributed by atoms with Crippen molar-refractivity contribution in [2.24, 2.45) is 0 Å². The summed E-state index contributed by atoms with van der Waals surface area (Å²) in [5, 5.41) is 10.4. The number of carbonyl (C=O) groups is 1. The van der Waals surface area contributed by atoms with Crippen molar-refractivity contribution in [2.45, 2.75) is 38.6 Å². The van der Waals surface area contributed by atoms with Gasteiger partial charge < -0.3 is 9.84 Å². The van der Waals surface area contributed by atoms with Crippen molar-refractivity contribution in [1.82, 2.24) is 4.90 Å². The number of benzene rings is 2. The first kappa shape index (κ1) is 18.4. The molecule has 1 fully saturated rings. The van der Waals surface area contributed by atoms with Crippen molar-refractivity contribution in [3.05, 3.63) is 83.4 Å². The van der Waals surface area contributed by atoms with E-state index in [0.717, 1.165) is 0 Å². The number of carbonyl (C=O) groups excluding carboxylic acids is 1. The third-order valence-corrected chi connectivity index (χ3v) is 4.61. The quantitative estimate of drug-likeness (QED) is 0.614. The number of ether oxygens (including phenoxy) is 1. The number of aliphatic hydroxyl groups excluding tert-OH is 1. The molecule has 0 radical (unpaired) electrons. The Morgan fingerprint density at radius 2 is 1.58 bits per heavy atom.